The van der Waals surface area contributed by atoms with Crippen molar-refractivity contribution in [2.45, 2.75) is 53.4 Å². The van der Waals surface area contributed by atoms with Gasteiger partial charge in [0, 0.05) is 11.1 Å². The summed E-state index contributed by atoms with van der Waals surface area (Å²) in [6, 6.07) is 0. The number of nitrogens with one attached hydrogen (secondary N) is 1. The highest BCUT2D eigenvalue weighted by Gasteiger charge is 2.68. The van der Waals surface area contributed by atoms with Gasteiger partial charge in [0.15, 0.2) is 0 Å². The quantitative estimate of drug-likeness (QED) is 0.790. The lowest BCUT2D eigenvalue weighted by Crippen LogP contribution is -2.48. The Balaban J connectivity index is 1.75. The van der Waals surface area contributed by atoms with E-state index in [1.165, 1.54) is 0 Å². The van der Waals surface area contributed by atoms with Gasteiger partial charge in [0.1, 0.15) is 0 Å². The predicted octanol–water partition coefficient (Wildman–Crippen LogP) is 1.94. The van der Waals surface area contributed by atoms with E-state index < -0.39 is 0 Å². The van der Waals surface area contributed by atoms with Gasteiger partial charge in [-0.1, -0.05) is 27.7 Å². The molecule has 0 atom stereocenters. The number of imide groups is 1. The molecule has 0 saturated heterocycles. The van der Waals surface area contributed by atoms with Crippen LogP contribution in [-0.2, 0) is 14.4 Å². The van der Waals surface area contributed by atoms with Gasteiger partial charge in [0.05, 0.1) is 5.92 Å². The van der Waals surface area contributed by atoms with Crippen molar-refractivity contribution < 1.29 is 14.4 Å². The van der Waals surface area contributed by atoms with Gasteiger partial charge >= 0.3 is 0 Å². The molecule has 0 spiro atoms. The lowest BCUT2D eigenvalue weighted by molar-refractivity contribution is -0.148. The number of amides is 3. The Labute approximate surface area is 124 Å². The first kappa shape index (κ1) is 14.3. The van der Waals surface area contributed by atoms with Crippen LogP contribution in [0.3, 0.4) is 0 Å². The van der Waals surface area contributed by atoms with Crippen molar-refractivity contribution in [2.75, 3.05) is 0 Å². The molecule has 0 aromatic heterocycles. The van der Waals surface area contributed by atoms with Gasteiger partial charge in [0.2, 0.25) is 5.91 Å². The van der Waals surface area contributed by atoms with Crippen LogP contribution in [0.25, 0.3) is 0 Å². The highest BCUT2D eigenvalue weighted by Crippen LogP contribution is 2.68. The Bertz CT molecular complexity index is 544. The number of hydrazine groups is 1. The first-order chi connectivity index (χ1) is 9.69. The molecule has 0 aromatic carbocycles. The number of hydrogen-bond donors (Lipinski definition) is 1. The fourth-order valence-electron chi connectivity index (χ4n) is 3.87. The van der Waals surface area contributed by atoms with Crippen molar-refractivity contribution in [3.8, 4) is 0 Å². The minimum absolute atomic E-state index is 0.115. The Kier molecular flexibility index (Phi) is 2.85. The maximum Gasteiger partial charge on any atom is 0.276 e. The molecule has 5 nitrogen and oxygen atoms in total. The summed E-state index contributed by atoms with van der Waals surface area (Å²) in [6.45, 7) is 8.14. The van der Waals surface area contributed by atoms with Crippen molar-refractivity contribution in [2.24, 2.45) is 16.7 Å². The molecule has 3 rings (SSSR count). The van der Waals surface area contributed by atoms with Crippen molar-refractivity contribution in [3.63, 3.8) is 0 Å². The third kappa shape index (κ3) is 1.79. The monoisotopic (exact) mass is 290 g/mol. The molecule has 1 fully saturated rings. The van der Waals surface area contributed by atoms with E-state index in [0.717, 1.165) is 17.9 Å². The molecule has 3 aliphatic rings. The lowest BCUT2D eigenvalue weighted by atomic mass is 9.93. The van der Waals surface area contributed by atoms with Crippen LogP contribution in [0.1, 0.15) is 53.4 Å². The van der Waals surface area contributed by atoms with E-state index >= 15 is 0 Å². The van der Waals surface area contributed by atoms with Crippen LogP contribution in [-0.4, -0.2) is 22.7 Å². The van der Waals surface area contributed by atoms with Gasteiger partial charge in [-0.2, -0.15) is 5.01 Å². The van der Waals surface area contributed by atoms with Crippen molar-refractivity contribution >= 4 is 17.7 Å². The SMILES string of the molecule is CC1(C)C(C(=O)NN2C(=O)C3=C(CCCC3)C2=O)C1(C)C. The van der Waals surface area contributed by atoms with E-state index in [1.807, 2.05) is 27.7 Å². The van der Waals surface area contributed by atoms with E-state index in [0.29, 0.717) is 24.0 Å². The molecule has 114 valence electrons. The Hall–Kier alpha value is -1.65. The van der Waals surface area contributed by atoms with Crippen LogP contribution in [0, 0.1) is 16.7 Å². The highest BCUT2D eigenvalue weighted by molar-refractivity contribution is 6.20. The molecular formula is C16H22N2O3. The van der Waals surface area contributed by atoms with E-state index in [4.69, 9.17) is 0 Å². The van der Waals surface area contributed by atoms with Gasteiger partial charge in [-0.3, -0.25) is 19.8 Å². The fraction of sp³-hybridized carbons (Fsp3) is 0.688. The number of carbonyl (C=O) groups excluding carboxylic acids is 3. The Morgan fingerprint density at radius 1 is 1.00 bits per heavy atom. The molecule has 1 saturated carbocycles. The minimum Gasteiger partial charge on any atom is -0.273 e. The van der Waals surface area contributed by atoms with Gasteiger partial charge in [-0.25, -0.2) is 0 Å². The smallest absolute Gasteiger partial charge is 0.273 e. The second-order valence-corrected chi connectivity index (χ2v) is 7.46. The number of carbonyl (C=O) groups is 3. The van der Waals surface area contributed by atoms with Crippen LogP contribution in [0.5, 0.6) is 0 Å². The number of nitrogens with zero attached hydrogens (tertiary/aromatic N) is 1. The summed E-state index contributed by atoms with van der Waals surface area (Å²) in [6.07, 6.45) is 3.16. The topological polar surface area (TPSA) is 66.5 Å². The Morgan fingerprint density at radius 3 is 1.81 bits per heavy atom. The van der Waals surface area contributed by atoms with Crippen LogP contribution in [0.2, 0.25) is 0 Å². The second kappa shape index (κ2) is 4.18. The average molecular weight is 290 g/mol. The standard InChI is InChI=1S/C16H22N2O3/c1-15(2)11(16(15,3)4)12(19)17-18-13(20)9-7-5-6-8-10(9)14(18)21/h11H,5-8H2,1-4H3,(H,17,19). The maximum absolute atomic E-state index is 12.4. The van der Waals surface area contributed by atoms with Crippen LogP contribution in [0.15, 0.2) is 11.1 Å². The maximum atomic E-state index is 12.4. The molecule has 5 heteroatoms. The van der Waals surface area contributed by atoms with E-state index in [1.54, 1.807) is 0 Å². The summed E-state index contributed by atoms with van der Waals surface area (Å²) < 4.78 is 0. The van der Waals surface area contributed by atoms with Gasteiger partial charge in [0.25, 0.3) is 11.8 Å². The molecule has 3 amide bonds. The zero-order chi connectivity index (χ0) is 15.6. The highest BCUT2D eigenvalue weighted by atomic mass is 16.2. The summed E-state index contributed by atoms with van der Waals surface area (Å²) in [7, 11) is 0. The molecule has 1 aliphatic heterocycles. The second-order valence-electron chi connectivity index (χ2n) is 7.46. The first-order valence-electron chi connectivity index (χ1n) is 7.61. The summed E-state index contributed by atoms with van der Waals surface area (Å²) in [5.74, 6) is -1.08. The van der Waals surface area contributed by atoms with Gasteiger partial charge in [-0.05, 0) is 36.5 Å². The van der Waals surface area contributed by atoms with Crippen molar-refractivity contribution in [3.05, 3.63) is 11.1 Å². The third-order valence-corrected chi connectivity index (χ3v) is 5.90. The van der Waals surface area contributed by atoms with E-state index in [-0.39, 0.29) is 34.5 Å². The zero-order valence-electron chi connectivity index (χ0n) is 13.1. The van der Waals surface area contributed by atoms with Crippen LogP contribution >= 0.6 is 0 Å². The minimum atomic E-state index is -0.334. The molecule has 0 aromatic rings. The predicted molar refractivity (Wildman–Crippen MR) is 76.5 cm³/mol. The number of hydrogen-bond acceptors (Lipinski definition) is 3. The molecule has 0 radical (unpaired) electrons. The van der Waals surface area contributed by atoms with Crippen LogP contribution < -0.4 is 5.43 Å². The van der Waals surface area contributed by atoms with Crippen molar-refractivity contribution in [1.29, 1.82) is 0 Å². The number of rotatable bonds is 2. The Morgan fingerprint density at radius 2 is 1.43 bits per heavy atom. The normalized spacial score (nSPS) is 27.0. The average Bonchev–Trinajstić information content (AvgIpc) is 2.71. The van der Waals surface area contributed by atoms with Gasteiger partial charge in [-0.15, -0.1) is 0 Å². The molecule has 21 heavy (non-hydrogen) atoms. The fourth-order valence-corrected chi connectivity index (χ4v) is 3.87. The van der Waals surface area contributed by atoms with Gasteiger partial charge < -0.3 is 0 Å². The molecule has 2 aliphatic carbocycles. The van der Waals surface area contributed by atoms with E-state index in [9.17, 15) is 14.4 Å². The summed E-state index contributed by atoms with van der Waals surface area (Å²) in [4.78, 5) is 37.0. The zero-order valence-corrected chi connectivity index (χ0v) is 13.1. The summed E-state index contributed by atoms with van der Waals surface area (Å²) >= 11 is 0. The molecule has 0 bridgehead atoms. The first-order valence-corrected chi connectivity index (χ1v) is 7.61. The molecular weight excluding hydrogens is 268 g/mol. The summed E-state index contributed by atoms with van der Waals surface area (Å²) in [5.41, 5.74) is 3.53. The van der Waals surface area contributed by atoms with Crippen molar-refractivity contribution in [1.82, 2.24) is 10.4 Å². The molecule has 1 N–H and O–H groups in total. The van der Waals surface area contributed by atoms with E-state index in [2.05, 4.69) is 5.43 Å². The molecule has 1 heterocycles. The lowest BCUT2D eigenvalue weighted by Gasteiger charge is -2.16. The summed E-state index contributed by atoms with van der Waals surface area (Å²) in [5, 5.41) is 0.933. The third-order valence-electron chi connectivity index (χ3n) is 5.90. The molecule has 0 unspecified atom stereocenters. The van der Waals surface area contributed by atoms with Crippen LogP contribution in [0.4, 0.5) is 0 Å². The largest absolute Gasteiger partial charge is 0.276 e.